The van der Waals surface area contributed by atoms with Gasteiger partial charge in [0.15, 0.2) is 18.8 Å². The first-order chi connectivity index (χ1) is 13.8. The van der Waals surface area contributed by atoms with Crippen LogP contribution in [0.15, 0.2) is 60.7 Å². The summed E-state index contributed by atoms with van der Waals surface area (Å²) in [6.07, 6.45) is 0.105. The van der Waals surface area contributed by atoms with Crippen molar-refractivity contribution in [3.8, 4) is 5.75 Å². The number of para-hydroxylation sites is 1. The van der Waals surface area contributed by atoms with Crippen LogP contribution in [0.4, 0.5) is 0 Å². The van der Waals surface area contributed by atoms with Crippen LogP contribution >= 0.6 is 7.14 Å². The second-order valence-electron chi connectivity index (χ2n) is 8.05. The van der Waals surface area contributed by atoms with Gasteiger partial charge in [-0.05, 0) is 64.1 Å². The van der Waals surface area contributed by atoms with Gasteiger partial charge >= 0.3 is 0 Å². The monoisotopic (exact) mass is 404 g/mol. The largest absolute Gasteiger partial charge is 0.481 e. The topological polar surface area (TPSA) is 43.4 Å². The van der Waals surface area contributed by atoms with E-state index in [1.54, 1.807) is 12.1 Å². The number of rotatable bonds is 3. The zero-order valence-corrected chi connectivity index (χ0v) is 18.1. The summed E-state index contributed by atoms with van der Waals surface area (Å²) >= 11 is 0. The number of hydrogen-bond donors (Lipinski definition) is 0. The van der Waals surface area contributed by atoms with Gasteiger partial charge in [-0.3, -0.25) is 4.79 Å². The highest BCUT2D eigenvalue weighted by Crippen LogP contribution is 2.53. The van der Waals surface area contributed by atoms with Gasteiger partial charge in [0.2, 0.25) is 0 Å². The van der Waals surface area contributed by atoms with Crippen molar-refractivity contribution < 1.29 is 14.1 Å². The number of Topliss-reactive ketones (excluding diaryl/α,β-unsaturated/α-hetero) is 1. The van der Waals surface area contributed by atoms with Crippen molar-refractivity contribution in [3.63, 3.8) is 0 Å². The van der Waals surface area contributed by atoms with Crippen molar-refractivity contribution in [2.45, 2.75) is 40.0 Å². The second-order valence-corrected chi connectivity index (χ2v) is 11.0. The van der Waals surface area contributed by atoms with Crippen molar-refractivity contribution in [2.75, 3.05) is 0 Å². The maximum absolute atomic E-state index is 14.9. The van der Waals surface area contributed by atoms with Gasteiger partial charge in [0, 0.05) is 10.6 Å². The number of hydrogen-bond acceptors (Lipinski definition) is 3. The average molecular weight is 404 g/mol. The van der Waals surface area contributed by atoms with Crippen LogP contribution in [0.2, 0.25) is 0 Å². The number of ketones is 1. The lowest BCUT2D eigenvalue weighted by atomic mass is 10.1. The van der Waals surface area contributed by atoms with Gasteiger partial charge in [0.25, 0.3) is 0 Å². The van der Waals surface area contributed by atoms with Gasteiger partial charge in [-0.25, -0.2) is 0 Å². The molecular weight excluding hydrogens is 379 g/mol. The fourth-order valence-corrected chi connectivity index (χ4v) is 7.46. The molecule has 0 saturated heterocycles. The maximum atomic E-state index is 14.9. The van der Waals surface area contributed by atoms with Crippen LogP contribution in [-0.4, -0.2) is 11.6 Å². The van der Waals surface area contributed by atoms with E-state index in [1.165, 1.54) is 0 Å². The zero-order valence-electron chi connectivity index (χ0n) is 17.2. The van der Waals surface area contributed by atoms with Gasteiger partial charge in [-0.1, -0.05) is 46.5 Å². The summed E-state index contributed by atoms with van der Waals surface area (Å²) in [5, 5.41) is 1.49. The van der Waals surface area contributed by atoms with Gasteiger partial charge in [-0.15, -0.1) is 0 Å². The molecule has 0 radical (unpaired) electrons. The predicted molar refractivity (Wildman–Crippen MR) is 119 cm³/mol. The quantitative estimate of drug-likeness (QED) is 0.562. The third kappa shape index (κ3) is 3.56. The molecule has 0 bridgehead atoms. The molecule has 1 heterocycles. The van der Waals surface area contributed by atoms with E-state index in [9.17, 15) is 9.36 Å². The van der Waals surface area contributed by atoms with Crippen LogP contribution in [0.3, 0.4) is 0 Å². The third-order valence-electron chi connectivity index (χ3n) is 5.40. The molecule has 1 unspecified atom stereocenters. The summed E-state index contributed by atoms with van der Waals surface area (Å²) in [5.41, 5.74) is 4.76. The molecule has 0 aromatic heterocycles. The number of benzene rings is 3. The summed E-state index contributed by atoms with van der Waals surface area (Å²) in [6.45, 7) is 8.02. The van der Waals surface area contributed by atoms with Gasteiger partial charge in [0.1, 0.15) is 5.75 Å². The molecule has 3 aromatic carbocycles. The van der Waals surface area contributed by atoms with Crippen molar-refractivity contribution in [2.24, 2.45) is 0 Å². The Bertz CT molecular complexity index is 1070. The summed E-state index contributed by atoms with van der Waals surface area (Å²) in [4.78, 5) is 12.9. The van der Waals surface area contributed by atoms with Crippen molar-refractivity contribution in [3.05, 3.63) is 88.5 Å². The molecule has 148 valence electrons. The Morgan fingerprint density at radius 3 is 1.79 bits per heavy atom. The summed E-state index contributed by atoms with van der Waals surface area (Å²) in [6, 6.07) is 19.2. The number of fused-ring (bicyclic) bond motifs is 1. The maximum Gasteiger partial charge on any atom is 0.182 e. The highest BCUT2D eigenvalue weighted by Gasteiger charge is 2.43. The highest BCUT2D eigenvalue weighted by molar-refractivity contribution is 7.79. The highest BCUT2D eigenvalue weighted by atomic mass is 31.2. The molecule has 0 amide bonds. The normalized spacial score (nSPS) is 16.3. The molecule has 0 fully saturated rings. The summed E-state index contributed by atoms with van der Waals surface area (Å²) in [5.74, 6) is -0.221. The van der Waals surface area contributed by atoms with Crippen LogP contribution in [0.25, 0.3) is 0 Å². The van der Waals surface area contributed by atoms with E-state index in [1.807, 2.05) is 64.1 Å². The van der Waals surface area contributed by atoms with Crippen LogP contribution in [0, 0.1) is 27.7 Å². The first-order valence-electron chi connectivity index (χ1n) is 9.84. The van der Waals surface area contributed by atoms with E-state index in [4.69, 9.17) is 4.74 Å². The first kappa shape index (κ1) is 19.7. The molecule has 3 nitrogen and oxygen atoms in total. The molecular formula is C25H25O3P. The molecule has 1 aliphatic heterocycles. The predicted octanol–water partition coefficient (Wildman–Crippen LogP) is 5.23. The molecule has 0 N–H and O–H groups in total. The van der Waals surface area contributed by atoms with E-state index >= 15 is 0 Å². The molecule has 4 heteroatoms. The van der Waals surface area contributed by atoms with Crippen molar-refractivity contribution in [1.82, 2.24) is 0 Å². The van der Waals surface area contributed by atoms with Crippen LogP contribution < -0.4 is 15.3 Å². The van der Waals surface area contributed by atoms with E-state index in [2.05, 4.69) is 12.1 Å². The van der Waals surface area contributed by atoms with Crippen molar-refractivity contribution in [1.29, 1.82) is 0 Å². The minimum atomic E-state index is -3.24. The zero-order chi connectivity index (χ0) is 20.8. The Morgan fingerprint density at radius 1 is 0.793 bits per heavy atom. The van der Waals surface area contributed by atoms with E-state index in [0.29, 0.717) is 11.3 Å². The molecule has 3 aromatic rings. The number of carbonyl (C=O) groups excluding carboxylic acids is 1. The smallest absolute Gasteiger partial charge is 0.182 e. The molecule has 0 aliphatic carbocycles. The second kappa shape index (κ2) is 7.31. The van der Waals surface area contributed by atoms with E-state index < -0.39 is 13.0 Å². The minimum absolute atomic E-state index is 0.0224. The lowest BCUT2D eigenvalue weighted by molar-refractivity contribution is 0.0912. The molecule has 0 spiro atoms. The fourth-order valence-electron chi connectivity index (χ4n) is 4.23. The van der Waals surface area contributed by atoms with Gasteiger partial charge < -0.3 is 9.30 Å². The molecule has 4 rings (SSSR count). The lowest BCUT2D eigenvalue weighted by Crippen LogP contribution is -2.35. The Morgan fingerprint density at radius 2 is 1.28 bits per heavy atom. The number of ether oxygens (including phenoxy) is 1. The fraction of sp³-hybridized carbons (Fsp3) is 0.240. The van der Waals surface area contributed by atoms with Crippen LogP contribution in [-0.2, 0) is 4.57 Å². The van der Waals surface area contributed by atoms with Gasteiger partial charge in [0.05, 0.1) is 12.0 Å². The van der Waals surface area contributed by atoms with Gasteiger partial charge in [-0.2, -0.15) is 0 Å². The van der Waals surface area contributed by atoms with Crippen LogP contribution in [0.1, 0.15) is 39.0 Å². The summed E-state index contributed by atoms with van der Waals surface area (Å²) < 4.78 is 21.1. The molecule has 1 aliphatic rings. The average Bonchev–Trinajstić information content (AvgIpc) is 2.65. The minimum Gasteiger partial charge on any atom is -0.481 e. The number of carbonyl (C=O) groups is 1. The Balaban J connectivity index is 1.94. The standard InChI is InChI=1S/C25H25O3P/c1-16-9-17(2)12-20(11-16)29(27,21-13-18(3)10-19(4)14-21)25-15-23(26)22-7-5-6-8-24(22)28-25/h5-14,25H,15H2,1-4H3. The third-order valence-corrected chi connectivity index (χ3v) is 8.55. The molecule has 29 heavy (non-hydrogen) atoms. The number of aryl methyl sites for hydroxylation is 4. The lowest BCUT2D eigenvalue weighted by Gasteiger charge is -2.33. The Kier molecular flexibility index (Phi) is 4.96. The van der Waals surface area contributed by atoms with Crippen molar-refractivity contribution >= 4 is 23.5 Å². The Labute approximate surface area is 172 Å². The Hall–Kier alpha value is -2.64. The summed E-state index contributed by atoms with van der Waals surface area (Å²) in [7, 11) is -3.24. The first-order valence-corrected chi connectivity index (χ1v) is 11.6. The van der Waals surface area contributed by atoms with E-state index in [0.717, 1.165) is 32.9 Å². The molecule has 1 atom stereocenters. The molecule has 0 saturated carbocycles. The SMILES string of the molecule is Cc1cc(C)cc(P(=O)(c2cc(C)cc(C)c2)C2CC(=O)c3ccccc3O2)c1. The van der Waals surface area contributed by atoms with E-state index in [-0.39, 0.29) is 12.2 Å². The van der Waals surface area contributed by atoms with Crippen LogP contribution in [0.5, 0.6) is 5.75 Å².